The summed E-state index contributed by atoms with van der Waals surface area (Å²) in [6.07, 6.45) is 7.03. The average Bonchev–Trinajstić information content (AvgIpc) is 3.27. The Hall–Kier alpha value is -2.38. The summed E-state index contributed by atoms with van der Waals surface area (Å²) < 4.78 is 0. The Morgan fingerprint density at radius 1 is 0.698 bits per heavy atom. The average molecular weight is 577 g/mol. The smallest absolute Gasteiger partial charge is 0.0939 e. The van der Waals surface area contributed by atoms with E-state index in [9.17, 15) is 5.11 Å². The molecule has 43 heavy (non-hydrogen) atoms. The molecule has 0 saturated carbocycles. The van der Waals surface area contributed by atoms with Crippen LogP contribution >= 0.6 is 0 Å². The van der Waals surface area contributed by atoms with Gasteiger partial charge in [-0.2, -0.15) is 0 Å². The van der Waals surface area contributed by atoms with Gasteiger partial charge in [-0.25, -0.2) is 0 Å². The van der Waals surface area contributed by atoms with E-state index in [4.69, 9.17) is 0 Å². The lowest BCUT2D eigenvalue weighted by molar-refractivity contribution is 0.00877. The highest BCUT2D eigenvalue weighted by molar-refractivity contribution is 5.46. The van der Waals surface area contributed by atoms with E-state index in [2.05, 4.69) is 123 Å². The van der Waals surface area contributed by atoms with Crippen LogP contribution in [0.2, 0.25) is 0 Å². The molecular weight excluding hydrogens is 520 g/mol. The zero-order chi connectivity index (χ0) is 30.9. The normalized spacial score (nSPS) is 29.1. The van der Waals surface area contributed by atoms with Gasteiger partial charge < -0.3 is 5.11 Å². The zero-order valence-electron chi connectivity index (χ0n) is 28.4. The number of rotatable bonds is 3. The summed E-state index contributed by atoms with van der Waals surface area (Å²) in [6, 6.07) is 23.6. The quantitative estimate of drug-likeness (QED) is 0.307. The maximum atomic E-state index is 12.1. The molecule has 0 saturated heterocycles. The number of fused-ring (bicyclic) bond motifs is 3. The molecule has 3 aliphatic rings. The predicted octanol–water partition coefficient (Wildman–Crippen LogP) is 11.1. The molecule has 0 bridgehead atoms. The van der Waals surface area contributed by atoms with Gasteiger partial charge in [0.05, 0.1) is 5.60 Å². The van der Waals surface area contributed by atoms with E-state index >= 15 is 0 Å². The summed E-state index contributed by atoms with van der Waals surface area (Å²) in [4.78, 5) is 0. The largest absolute Gasteiger partial charge is 0.385 e. The summed E-state index contributed by atoms with van der Waals surface area (Å²) in [5.41, 5.74) is 11.2. The lowest BCUT2D eigenvalue weighted by Crippen LogP contribution is -2.38. The summed E-state index contributed by atoms with van der Waals surface area (Å²) in [7, 11) is 0. The van der Waals surface area contributed by atoms with Crippen LogP contribution in [0.4, 0.5) is 0 Å². The van der Waals surface area contributed by atoms with Crippen LogP contribution < -0.4 is 0 Å². The summed E-state index contributed by atoms with van der Waals surface area (Å²) in [5.74, 6) is 2.83. The van der Waals surface area contributed by atoms with Crippen molar-refractivity contribution < 1.29 is 5.11 Å². The van der Waals surface area contributed by atoms with E-state index in [0.29, 0.717) is 35.0 Å². The maximum absolute atomic E-state index is 12.1. The summed E-state index contributed by atoms with van der Waals surface area (Å²) in [6.45, 7) is 21.3. The lowest BCUT2D eigenvalue weighted by atomic mass is 9.63. The highest BCUT2D eigenvalue weighted by Gasteiger charge is 2.44. The minimum Gasteiger partial charge on any atom is -0.385 e. The molecule has 3 aliphatic carbocycles. The van der Waals surface area contributed by atoms with E-state index in [1.54, 1.807) is 22.3 Å². The third kappa shape index (κ3) is 5.54. The van der Waals surface area contributed by atoms with Crippen LogP contribution in [-0.4, -0.2) is 5.11 Å². The van der Waals surface area contributed by atoms with E-state index in [-0.39, 0.29) is 11.3 Å². The maximum Gasteiger partial charge on any atom is 0.0939 e. The third-order valence-corrected chi connectivity index (χ3v) is 11.9. The monoisotopic (exact) mass is 576 g/mol. The number of hydrogen-bond donors (Lipinski definition) is 1. The lowest BCUT2D eigenvalue weighted by Gasteiger charge is -2.44. The molecule has 6 atom stereocenters. The first-order valence-electron chi connectivity index (χ1n) is 17.2. The van der Waals surface area contributed by atoms with Gasteiger partial charge in [0, 0.05) is 5.92 Å². The molecular formula is C42H56O. The Bertz CT molecular complexity index is 1480. The molecule has 0 spiro atoms. The van der Waals surface area contributed by atoms with Crippen molar-refractivity contribution in [1.82, 2.24) is 0 Å². The number of benzene rings is 3. The van der Waals surface area contributed by atoms with Crippen LogP contribution in [0.5, 0.6) is 0 Å². The van der Waals surface area contributed by atoms with Crippen molar-refractivity contribution in [3.05, 3.63) is 105 Å². The topological polar surface area (TPSA) is 20.2 Å². The van der Waals surface area contributed by atoms with Gasteiger partial charge in [-0.1, -0.05) is 116 Å². The standard InChI is InChI=1S/C42H56O/c1-26(2)34-25-38(42(9,43)37-13-11-10-12-33(34)37)31-18-20-32-30(22-31)17-16-29(24-39(32)41(6,7)8)28-15-14-27-19-21-36(35(27)23-28)40(3,4)5/h10-15,18,20,22-23,26,29,34,36,38-39,43H,16-17,19,21,24-25H2,1-9H3. The van der Waals surface area contributed by atoms with Crippen molar-refractivity contribution in [1.29, 1.82) is 0 Å². The fourth-order valence-electron chi connectivity index (χ4n) is 9.33. The van der Waals surface area contributed by atoms with Crippen molar-refractivity contribution >= 4 is 0 Å². The molecule has 0 radical (unpaired) electrons. The number of aliphatic hydroxyl groups is 1. The van der Waals surface area contributed by atoms with Gasteiger partial charge in [0.15, 0.2) is 0 Å². The number of hydrogen-bond acceptors (Lipinski definition) is 1. The molecule has 1 N–H and O–H groups in total. The van der Waals surface area contributed by atoms with Crippen molar-refractivity contribution in [3.8, 4) is 0 Å². The summed E-state index contributed by atoms with van der Waals surface area (Å²) >= 11 is 0. The minimum absolute atomic E-state index is 0.0956. The van der Waals surface area contributed by atoms with Gasteiger partial charge in [-0.05, 0) is 130 Å². The van der Waals surface area contributed by atoms with Crippen molar-refractivity contribution in [2.75, 3.05) is 0 Å². The zero-order valence-corrected chi connectivity index (χ0v) is 28.4. The van der Waals surface area contributed by atoms with Crippen LogP contribution in [0.25, 0.3) is 0 Å². The second-order valence-electron chi connectivity index (χ2n) is 17.1. The van der Waals surface area contributed by atoms with E-state index in [1.165, 1.54) is 42.4 Å². The van der Waals surface area contributed by atoms with E-state index in [0.717, 1.165) is 18.4 Å². The molecule has 1 heteroatoms. The molecule has 6 unspecified atom stereocenters. The molecule has 3 aromatic carbocycles. The van der Waals surface area contributed by atoms with Crippen LogP contribution in [0, 0.1) is 16.7 Å². The van der Waals surface area contributed by atoms with Crippen molar-refractivity contribution in [2.24, 2.45) is 16.7 Å². The van der Waals surface area contributed by atoms with Crippen LogP contribution in [-0.2, 0) is 18.4 Å². The highest BCUT2D eigenvalue weighted by Crippen LogP contribution is 2.54. The molecule has 1 nitrogen and oxygen atoms in total. The molecule has 6 rings (SSSR count). The molecule has 230 valence electrons. The van der Waals surface area contributed by atoms with E-state index in [1.807, 2.05) is 0 Å². The summed E-state index contributed by atoms with van der Waals surface area (Å²) in [5, 5.41) is 12.1. The van der Waals surface area contributed by atoms with Crippen LogP contribution in [0.3, 0.4) is 0 Å². The number of aryl methyl sites for hydroxylation is 2. The molecule has 3 aromatic rings. The fraction of sp³-hybridized carbons (Fsp3) is 0.571. The van der Waals surface area contributed by atoms with Gasteiger partial charge in [0.2, 0.25) is 0 Å². The minimum atomic E-state index is -0.874. The molecule has 0 aromatic heterocycles. The Morgan fingerprint density at radius 2 is 1.37 bits per heavy atom. The molecule has 0 heterocycles. The Balaban J connectivity index is 1.36. The Labute approximate surface area is 262 Å². The van der Waals surface area contributed by atoms with E-state index < -0.39 is 5.60 Å². The third-order valence-electron chi connectivity index (χ3n) is 11.9. The first-order chi connectivity index (χ1) is 20.2. The van der Waals surface area contributed by atoms with Crippen LogP contribution in [0.1, 0.15) is 162 Å². The van der Waals surface area contributed by atoms with Crippen LogP contribution in [0.15, 0.2) is 60.7 Å². The molecule has 0 amide bonds. The van der Waals surface area contributed by atoms with Gasteiger partial charge in [-0.15, -0.1) is 0 Å². The van der Waals surface area contributed by atoms with Crippen molar-refractivity contribution in [2.45, 2.75) is 136 Å². The first kappa shape index (κ1) is 30.6. The molecule has 0 aliphatic heterocycles. The molecule has 0 fully saturated rings. The highest BCUT2D eigenvalue weighted by atomic mass is 16.3. The van der Waals surface area contributed by atoms with Gasteiger partial charge in [0.1, 0.15) is 0 Å². The second-order valence-corrected chi connectivity index (χ2v) is 17.1. The predicted molar refractivity (Wildman–Crippen MR) is 182 cm³/mol. The Morgan fingerprint density at radius 3 is 2.07 bits per heavy atom. The SMILES string of the molecule is CC(C)C1CC(c2ccc3c(c2)CCC(c2ccc4c(c2)C(C(C)(C)C)CC4)CC3C(C)(C)C)C(C)(O)c2ccccc21. The van der Waals surface area contributed by atoms with Gasteiger partial charge in [-0.3, -0.25) is 0 Å². The van der Waals surface area contributed by atoms with Gasteiger partial charge >= 0.3 is 0 Å². The van der Waals surface area contributed by atoms with Gasteiger partial charge in [0.25, 0.3) is 0 Å². The fourth-order valence-corrected chi connectivity index (χ4v) is 9.33. The first-order valence-corrected chi connectivity index (χ1v) is 17.2. The second kappa shape index (κ2) is 10.9. The Kier molecular flexibility index (Phi) is 7.77. The van der Waals surface area contributed by atoms with Crippen molar-refractivity contribution in [3.63, 3.8) is 0 Å².